The summed E-state index contributed by atoms with van der Waals surface area (Å²) in [6.45, 7) is 11.8. The number of nitrogens with zero attached hydrogens (tertiary/aromatic N) is 1. The highest BCUT2D eigenvalue weighted by Crippen LogP contribution is 2.29. The molecule has 1 heterocycles. The molecule has 0 unspecified atom stereocenters. The molecule has 1 aromatic rings. The van der Waals surface area contributed by atoms with Crippen LogP contribution in [-0.2, 0) is 15.1 Å². The first-order valence-corrected chi connectivity index (χ1v) is 10.1. The van der Waals surface area contributed by atoms with Crippen LogP contribution in [-0.4, -0.2) is 35.3 Å². The highest BCUT2D eigenvalue weighted by molar-refractivity contribution is 6.09. The normalized spacial score (nSPS) is 20.6. The van der Waals surface area contributed by atoms with Gasteiger partial charge in [0.25, 0.3) is 5.91 Å². The van der Waals surface area contributed by atoms with Crippen LogP contribution in [0.25, 0.3) is 0 Å². The lowest BCUT2D eigenvalue weighted by atomic mass is 9.90. The van der Waals surface area contributed by atoms with Crippen LogP contribution in [0.1, 0.15) is 71.4 Å². The van der Waals surface area contributed by atoms with E-state index in [1.165, 1.54) is 0 Å². The lowest BCUT2D eigenvalue weighted by Gasteiger charge is -2.23. The van der Waals surface area contributed by atoms with Gasteiger partial charge in [-0.2, -0.15) is 0 Å². The summed E-state index contributed by atoms with van der Waals surface area (Å²) in [4.78, 5) is 38.7. The molecule has 1 aliphatic rings. The second-order valence-corrected chi connectivity index (χ2v) is 8.66. The molecule has 4 amide bonds. The maximum Gasteiger partial charge on any atom is 0.325 e. The molecular formula is C22H33N3O3. The Kier molecular flexibility index (Phi) is 6.86. The summed E-state index contributed by atoms with van der Waals surface area (Å²) in [5.41, 5.74) is 0.718. The molecule has 1 saturated heterocycles. The van der Waals surface area contributed by atoms with Crippen molar-refractivity contribution in [3.05, 3.63) is 35.4 Å². The number of hydrogen-bond acceptors (Lipinski definition) is 3. The fourth-order valence-corrected chi connectivity index (χ4v) is 3.36. The third-order valence-corrected chi connectivity index (χ3v) is 5.32. The SMILES string of the molecule is CC(C)CC[C@H](C)NC(=O)CN1C(=O)N[C@](C)(c2ccc(C(C)C)cc2)C1=O. The summed E-state index contributed by atoms with van der Waals surface area (Å²) in [5, 5.41) is 5.63. The van der Waals surface area contributed by atoms with E-state index in [0.717, 1.165) is 23.3 Å². The molecule has 1 aliphatic heterocycles. The van der Waals surface area contributed by atoms with E-state index in [1.54, 1.807) is 6.92 Å². The van der Waals surface area contributed by atoms with Crippen LogP contribution < -0.4 is 10.6 Å². The number of carbonyl (C=O) groups is 3. The molecule has 0 radical (unpaired) electrons. The van der Waals surface area contributed by atoms with Crippen molar-refractivity contribution < 1.29 is 14.4 Å². The Bertz CT molecular complexity index is 727. The van der Waals surface area contributed by atoms with E-state index in [2.05, 4.69) is 38.3 Å². The summed E-state index contributed by atoms with van der Waals surface area (Å²) in [5.74, 6) is 0.223. The molecule has 0 spiro atoms. The predicted octanol–water partition coefficient (Wildman–Crippen LogP) is 3.52. The van der Waals surface area contributed by atoms with Gasteiger partial charge in [0.1, 0.15) is 12.1 Å². The highest BCUT2D eigenvalue weighted by Gasteiger charge is 2.49. The Labute approximate surface area is 168 Å². The third kappa shape index (κ3) is 4.91. The molecule has 0 aliphatic carbocycles. The molecule has 6 nitrogen and oxygen atoms in total. The average molecular weight is 388 g/mol. The first kappa shape index (κ1) is 21.9. The van der Waals surface area contributed by atoms with E-state index in [1.807, 2.05) is 31.2 Å². The van der Waals surface area contributed by atoms with Crippen LogP contribution in [0.3, 0.4) is 0 Å². The maximum absolute atomic E-state index is 13.0. The Morgan fingerprint density at radius 1 is 1.07 bits per heavy atom. The van der Waals surface area contributed by atoms with Gasteiger partial charge in [0.2, 0.25) is 5.91 Å². The summed E-state index contributed by atoms with van der Waals surface area (Å²) < 4.78 is 0. The average Bonchev–Trinajstić information content (AvgIpc) is 2.84. The van der Waals surface area contributed by atoms with Crippen LogP contribution in [0.2, 0.25) is 0 Å². The van der Waals surface area contributed by atoms with Gasteiger partial charge >= 0.3 is 6.03 Å². The lowest BCUT2D eigenvalue weighted by Crippen LogP contribution is -2.45. The molecule has 0 aromatic heterocycles. The lowest BCUT2D eigenvalue weighted by molar-refractivity contribution is -0.135. The Balaban J connectivity index is 2.05. The number of amides is 4. The molecule has 1 fully saturated rings. The van der Waals surface area contributed by atoms with Crippen molar-refractivity contribution in [1.82, 2.24) is 15.5 Å². The van der Waals surface area contributed by atoms with Crippen LogP contribution in [0, 0.1) is 5.92 Å². The molecule has 6 heteroatoms. The standard InChI is InChI=1S/C22H33N3O3/c1-14(2)7-8-16(5)23-19(26)13-25-20(27)22(6,24-21(25)28)18-11-9-17(10-12-18)15(3)4/h9-12,14-16H,7-8,13H2,1-6H3,(H,23,26)(H,24,28)/t16-,22+/m0/s1. The quantitative estimate of drug-likeness (QED) is 0.670. The van der Waals surface area contributed by atoms with Crippen molar-refractivity contribution in [2.45, 2.75) is 71.9 Å². The Morgan fingerprint density at radius 2 is 1.68 bits per heavy atom. The smallest absolute Gasteiger partial charge is 0.325 e. The zero-order valence-corrected chi connectivity index (χ0v) is 17.8. The number of rotatable bonds is 8. The summed E-state index contributed by atoms with van der Waals surface area (Å²) in [6.07, 6.45) is 1.87. The molecule has 0 bridgehead atoms. The topological polar surface area (TPSA) is 78.5 Å². The zero-order valence-electron chi connectivity index (χ0n) is 17.8. The van der Waals surface area contributed by atoms with Gasteiger partial charge in [-0.1, -0.05) is 52.0 Å². The number of imide groups is 1. The number of urea groups is 1. The first-order chi connectivity index (χ1) is 13.0. The van der Waals surface area contributed by atoms with E-state index in [-0.39, 0.29) is 18.5 Å². The summed E-state index contributed by atoms with van der Waals surface area (Å²) in [6, 6.07) is 7.14. The molecule has 2 N–H and O–H groups in total. The molecule has 154 valence electrons. The minimum Gasteiger partial charge on any atom is -0.352 e. The Hall–Kier alpha value is -2.37. The minimum atomic E-state index is -1.16. The molecule has 1 aromatic carbocycles. The maximum atomic E-state index is 13.0. The highest BCUT2D eigenvalue weighted by atomic mass is 16.2. The summed E-state index contributed by atoms with van der Waals surface area (Å²) in [7, 11) is 0. The number of benzene rings is 1. The van der Waals surface area contributed by atoms with Crippen molar-refractivity contribution >= 4 is 17.8 Å². The van der Waals surface area contributed by atoms with Crippen LogP contribution >= 0.6 is 0 Å². The van der Waals surface area contributed by atoms with Crippen molar-refractivity contribution in [3.63, 3.8) is 0 Å². The van der Waals surface area contributed by atoms with Gasteiger partial charge in [-0.05, 0) is 49.7 Å². The van der Waals surface area contributed by atoms with E-state index in [9.17, 15) is 14.4 Å². The largest absolute Gasteiger partial charge is 0.352 e. The molecule has 2 rings (SSSR count). The molecule has 0 saturated carbocycles. The van der Waals surface area contributed by atoms with Crippen molar-refractivity contribution in [3.8, 4) is 0 Å². The van der Waals surface area contributed by atoms with Crippen molar-refractivity contribution in [2.75, 3.05) is 6.54 Å². The Morgan fingerprint density at radius 3 is 2.21 bits per heavy atom. The second kappa shape index (κ2) is 8.76. The molecular weight excluding hydrogens is 354 g/mol. The zero-order chi connectivity index (χ0) is 21.1. The van der Waals surface area contributed by atoms with Gasteiger partial charge in [0.15, 0.2) is 0 Å². The molecule has 2 atom stereocenters. The fourth-order valence-electron chi connectivity index (χ4n) is 3.36. The van der Waals surface area contributed by atoms with Crippen LogP contribution in [0.15, 0.2) is 24.3 Å². The molecule has 28 heavy (non-hydrogen) atoms. The second-order valence-electron chi connectivity index (χ2n) is 8.66. The van der Waals surface area contributed by atoms with Crippen LogP contribution in [0.5, 0.6) is 0 Å². The van der Waals surface area contributed by atoms with Gasteiger partial charge < -0.3 is 10.6 Å². The number of nitrogens with one attached hydrogen (secondary N) is 2. The first-order valence-electron chi connectivity index (χ1n) is 10.1. The van der Waals surface area contributed by atoms with Gasteiger partial charge in [-0.25, -0.2) is 4.79 Å². The van der Waals surface area contributed by atoms with Gasteiger partial charge in [-0.3, -0.25) is 14.5 Å². The van der Waals surface area contributed by atoms with Crippen molar-refractivity contribution in [1.29, 1.82) is 0 Å². The van der Waals surface area contributed by atoms with Gasteiger partial charge in [-0.15, -0.1) is 0 Å². The van der Waals surface area contributed by atoms with Crippen molar-refractivity contribution in [2.24, 2.45) is 5.92 Å². The van der Waals surface area contributed by atoms with Crippen LogP contribution in [0.4, 0.5) is 4.79 Å². The van der Waals surface area contributed by atoms with E-state index in [0.29, 0.717) is 17.4 Å². The predicted molar refractivity (Wildman–Crippen MR) is 110 cm³/mol. The van der Waals surface area contributed by atoms with E-state index in [4.69, 9.17) is 0 Å². The number of hydrogen-bond donors (Lipinski definition) is 2. The fraction of sp³-hybridized carbons (Fsp3) is 0.591. The minimum absolute atomic E-state index is 0.00521. The van der Waals surface area contributed by atoms with Gasteiger partial charge in [0, 0.05) is 6.04 Å². The van der Waals surface area contributed by atoms with E-state index < -0.39 is 17.5 Å². The van der Waals surface area contributed by atoms with Gasteiger partial charge in [0.05, 0.1) is 0 Å². The summed E-state index contributed by atoms with van der Waals surface area (Å²) >= 11 is 0. The monoisotopic (exact) mass is 387 g/mol. The number of carbonyl (C=O) groups excluding carboxylic acids is 3. The third-order valence-electron chi connectivity index (χ3n) is 5.32. The van der Waals surface area contributed by atoms with E-state index >= 15 is 0 Å².